The average Bonchev–Trinajstić information content (AvgIpc) is 3.31. The largest absolute Gasteiger partial charge is 0.497 e. The molecule has 0 radical (unpaired) electrons. The second-order valence-electron chi connectivity index (χ2n) is 6.75. The summed E-state index contributed by atoms with van der Waals surface area (Å²) >= 11 is 1.59. The lowest BCUT2D eigenvalue weighted by atomic mass is 10.1. The van der Waals surface area contributed by atoms with Crippen molar-refractivity contribution in [2.75, 3.05) is 27.1 Å². The Bertz CT molecular complexity index is 947. The molecule has 7 nitrogen and oxygen atoms in total. The zero-order valence-electron chi connectivity index (χ0n) is 16.4. The Morgan fingerprint density at radius 3 is 2.52 bits per heavy atom. The summed E-state index contributed by atoms with van der Waals surface area (Å²) in [6.07, 6.45) is 0. The maximum Gasteiger partial charge on any atom is 0.260 e. The number of methoxy groups -OCH3 is 3. The highest BCUT2D eigenvalue weighted by Crippen LogP contribution is 2.52. The van der Waals surface area contributed by atoms with Crippen molar-refractivity contribution in [2.45, 2.75) is 18.0 Å². The van der Waals surface area contributed by atoms with Crippen LogP contribution in [0.3, 0.4) is 0 Å². The fraction of sp³-hybridized carbons (Fsp3) is 0.333. The zero-order chi connectivity index (χ0) is 20.5. The van der Waals surface area contributed by atoms with Crippen molar-refractivity contribution in [3.8, 4) is 17.2 Å². The highest BCUT2D eigenvalue weighted by Gasteiger charge is 2.50. The van der Waals surface area contributed by atoms with Crippen LogP contribution in [0.1, 0.15) is 26.9 Å². The molecule has 0 aromatic heterocycles. The van der Waals surface area contributed by atoms with Gasteiger partial charge in [-0.05, 0) is 23.8 Å². The third-order valence-electron chi connectivity index (χ3n) is 5.22. The number of hydrogen-bond acceptors (Lipinski definition) is 6. The van der Waals surface area contributed by atoms with E-state index >= 15 is 0 Å². The molecule has 1 N–H and O–H groups in total. The van der Waals surface area contributed by atoms with Gasteiger partial charge in [-0.3, -0.25) is 9.59 Å². The van der Waals surface area contributed by atoms with Crippen LogP contribution in [0.25, 0.3) is 0 Å². The van der Waals surface area contributed by atoms with E-state index < -0.39 is 6.04 Å². The summed E-state index contributed by atoms with van der Waals surface area (Å²) in [5, 5.41) is 2.76. The van der Waals surface area contributed by atoms with E-state index in [9.17, 15) is 9.59 Å². The van der Waals surface area contributed by atoms with Gasteiger partial charge in [0, 0.05) is 17.9 Å². The third kappa shape index (κ3) is 3.27. The molecule has 1 saturated heterocycles. The minimum absolute atomic E-state index is 0.164. The molecule has 1 fully saturated rings. The molecule has 8 heteroatoms. The van der Waals surface area contributed by atoms with E-state index in [1.54, 1.807) is 29.8 Å². The highest BCUT2D eigenvalue weighted by molar-refractivity contribution is 7.99. The number of nitrogens with one attached hydrogen (secondary N) is 1. The summed E-state index contributed by atoms with van der Waals surface area (Å²) in [5.74, 6) is 1.88. The predicted molar refractivity (Wildman–Crippen MR) is 110 cm³/mol. The molecule has 2 aliphatic rings. The average molecular weight is 414 g/mol. The van der Waals surface area contributed by atoms with Crippen LogP contribution >= 0.6 is 11.8 Å². The number of hydrogen-bond donors (Lipinski definition) is 1. The van der Waals surface area contributed by atoms with Crippen molar-refractivity contribution < 1.29 is 23.8 Å². The Hall–Kier alpha value is -2.87. The van der Waals surface area contributed by atoms with E-state index in [0.29, 0.717) is 29.4 Å². The van der Waals surface area contributed by atoms with Gasteiger partial charge in [0.2, 0.25) is 5.91 Å². The van der Waals surface area contributed by atoms with Gasteiger partial charge in [0.05, 0.1) is 26.9 Å². The smallest absolute Gasteiger partial charge is 0.260 e. The molecule has 0 saturated carbocycles. The number of carbonyl (C=O) groups excluding carboxylic acids is 2. The van der Waals surface area contributed by atoms with Crippen molar-refractivity contribution in [2.24, 2.45) is 0 Å². The first-order valence-electron chi connectivity index (χ1n) is 9.18. The van der Waals surface area contributed by atoms with E-state index in [-0.39, 0.29) is 17.2 Å². The Balaban J connectivity index is 1.51. The minimum Gasteiger partial charge on any atom is -0.497 e. The molecule has 0 bridgehead atoms. The van der Waals surface area contributed by atoms with Gasteiger partial charge in [-0.1, -0.05) is 18.2 Å². The lowest BCUT2D eigenvalue weighted by Crippen LogP contribution is -2.45. The molecule has 29 heavy (non-hydrogen) atoms. The van der Waals surface area contributed by atoms with Crippen LogP contribution in [0.5, 0.6) is 17.2 Å². The minimum atomic E-state index is -0.529. The number of benzene rings is 2. The molecule has 152 valence electrons. The summed E-state index contributed by atoms with van der Waals surface area (Å²) in [5.41, 5.74) is 2.31. The predicted octanol–water partition coefficient (Wildman–Crippen LogP) is 2.60. The van der Waals surface area contributed by atoms with E-state index in [1.807, 2.05) is 30.3 Å². The maximum absolute atomic E-state index is 13.2. The quantitative estimate of drug-likeness (QED) is 0.783. The molecule has 2 amide bonds. The topological polar surface area (TPSA) is 77.1 Å². The van der Waals surface area contributed by atoms with Gasteiger partial charge in [0.15, 0.2) is 11.5 Å². The summed E-state index contributed by atoms with van der Waals surface area (Å²) in [6, 6.07) is 10.7. The van der Waals surface area contributed by atoms with Gasteiger partial charge >= 0.3 is 0 Å². The number of amides is 2. The van der Waals surface area contributed by atoms with Gasteiger partial charge < -0.3 is 24.4 Å². The molecule has 2 aromatic carbocycles. The van der Waals surface area contributed by atoms with Crippen molar-refractivity contribution in [3.63, 3.8) is 0 Å². The van der Waals surface area contributed by atoms with E-state index in [0.717, 1.165) is 16.9 Å². The van der Waals surface area contributed by atoms with Crippen LogP contribution in [0.4, 0.5) is 0 Å². The standard InChI is InChI=1S/C21H22N2O5S/c1-26-13-6-4-12(5-7-13)10-22-19(24)15-11-29-21-14-8-9-16(27-2)18(28-3)17(14)20(25)23(15)21/h4-9,15,21H,10-11H2,1-3H3,(H,22,24)/t15-,21-/m0/s1. The molecular formula is C21H22N2O5S. The fourth-order valence-corrected chi connectivity index (χ4v) is 5.20. The lowest BCUT2D eigenvalue weighted by Gasteiger charge is -2.22. The van der Waals surface area contributed by atoms with E-state index in [4.69, 9.17) is 14.2 Å². The molecule has 2 aromatic rings. The number of nitrogens with zero attached hydrogens (tertiary/aromatic N) is 1. The number of fused-ring (bicyclic) bond motifs is 3. The molecule has 2 atom stereocenters. The van der Waals surface area contributed by atoms with Crippen LogP contribution in [-0.2, 0) is 11.3 Å². The normalized spacial score (nSPS) is 19.6. The van der Waals surface area contributed by atoms with E-state index in [2.05, 4.69) is 5.32 Å². The first-order valence-corrected chi connectivity index (χ1v) is 10.2. The number of thioether (sulfide) groups is 1. The van der Waals surface area contributed by atoms with Crippen molar-refractivity contribution in [3.05, 3.63) is 53.1 Å². The lowest BCUT2D eigenvalue weighted by molar-refractivity contribution is -0.124. The molecular weight excluding hydrogens is 392 g/mol. The Morgan fingerprint density at radius 1 is 1.10 bits per heavy atom. The summed E-state index contributed by atoms with van der Waals surface area (Å²) in [6.45, 7) is 0.390. The van der Waals surface area contributed by atoms with E-state index in [1.165, 1.54) is 14.2 Å². The Labute approximate surface area is 173 Å². The SMILES string of the molecule is COc1ccc(CNC(=O)[C@@H]2CS[C@H]3c4ccc(OC)c(OC)c4C(=O)N23)cc1. The summed E-state index contributed by atoms with van der Waals surface area (Å²) in [4.78, 5) is 27.7. The van der Waals surface area contributed by atoms with Gasteiger partial charge in [-0.25, -0.2) is 0 Å². The van der Waals surface area contributed by atoms with Crippen LogP contribution in [0.2, 0.25) is 0 Å². The van der Waals surface area contributed by atoms with Gasteiger partial charge in [0.25, 0.3) is 5.91 Å². The highest BCUT2D eigenvalue weighted by atomic mass is 32.2. The number of rotatable bonds is 6. The van der Waals surface area contributed by atoms with Crippen molar-refractivity contribution in [1.29, 1.82) is 0 Å². The first kappa shape index (κ1) is 19.4. The molecule has 0 unspecified atom stereocenters. The summed E-state index contributed by atoms with van der Waals surface area (Å²) < 4.78 is 15.9. The zero-order valence-corrected chi connectivity index (χ0v) is 17.2. The van der Waals surface area contributed by atoms with Crippen LogP contribution in [0.15, 0.2) is 36.4 Å². The number of ether oxygens (including phenoxy) is 3. The summed E-state index contributed by atoms with van der Waals surface area (Å²) in [7, 11) is 4.66. The second-order valence-corrected chi connectivity index (χ2v) is 7.86. The van der Waals surface area contributed by atoms with Gasteiger partial charge in [0.1, 0.15) is 17.2 Å². The van der Waals surface area contributed by atoms with Crippen LogP contribution < -0.4 is 19.5 Å². The van der Waals surface area contributed by atoms with Crippen molar-refractivity contribution in [1.82, 2.24) is 10.2 Å². The molecule has 2 heterocycles. The second kappa shape index (κ2) is 7.87. The van der Waals surface area contributed by atoms with Gasteiger partial charge in [-0.2, -0.15) is 0 Å². The Kier molecular flexibility index (Phi) is 5.27. The first-order chi connectivity index (χ1) is 14.1. The molecule has 0 spiro atoms. The fourth-order valence-electron chi connectivity index (χ4n) is 3.74. The Morgan fingerprint density at radius 2 is 1.86 bits per heavy atom. The molecule has 0 aliphatic carbocycles. The monoisotopic (exact) mass is 414 g/mol. The molecule has 2 aliphatic heterocycles. The number of carbonyl (C=O) groups is 2. The molecule has 4 rings (SSSR count). The van der Waals surface area contributed by atoms with Crippen LogP contribution in [0, 0.1) is 0 Å². The van der Waals surface area contributed by atoms with Crippen LogP contribution in [-0.4, -0.2) is 49.8 Å². The maximum atomic E-state index is 13.2. The van der Waals surface area contributed by atoms with Gasteiger partial charge in [-0.15, -0.1) is 11.8 Å². The van der Waals surface area contributed by atoms with Crippen molar-refractivity contribution >= 4 is 23.6 Å². The third-order valence-corrected chi connectivity index (χ3v) is 6.53.